The van der Waals surface area contributed by atoms with Crippen LogP contribution in [0.15, 0.2) is 22.8 Å². The van der Waals surface area contributed by atoms with E-state index in [2.05, 4.69) is 17.6 Å². The van der Waals surface area contributed by atoms with E-state index in [4.69, 9.17) is 4.42 Å². The number of hydrogen-bond donors (Lipinski definition) is 2. The molecule has 1 aromatic heterocycles. The maximum Gasteiger partial charge on any atom is 0.117 e. The maximum atomic E-state index is 5.28. The average molecular weight is 222 g/mol. The second kappa shape index (κ2) is 6.06. The van der Waals surface area contributed by atoms with Gasteiger partial charge in [0.25, 0.3) is 0 Å². The van der Waals surface area contributed by atoms with Crippen LogP contribution in [0, 0.1) is 5.92 Å². The molecular weight excluding hydrogens is 200 g/mol. The van der Waals surface area contributed by atoms with Gasteiger partial charge in [0.1, 0.15) is 5.76 Å². The molecule has 2 N–H and O–H groups in total. The molecule has 3 nitrogen and oxygen atoms in total. The SMILES string of the molecule is CCC1CCNC(CNCc2ccco2)C1. The lowest BCUT2D eigenvalue weighted by atomic mass is 9.90. The predicted molar refractivity (Wildman–Crippen MR) is 65.2 cm³/mol. The molecule has 90 valence electrons. The highest BCUT2D eigenvalue weighted by atomic mass is 16.3. The zero-order valence-electron chi connectivity index (χ0n) is 10.0. The van der Waals surface area contributed by atoms with Gasteiger partial charge in [0.2, 0.25) is 0 Å². The zero-order valence-corrected chi connectivity index (χ0v) is 10.0. The first-order valence-electron chi connectivity index (χ1n) is 6.35. The monoisotopic (exact) mass is 222 g/mol. The number of furan rings is 1. The summed E-state index contributed by atoms with van der Waals surface area (Å²) in [6, 6.07) is 4.58. The molecule has 0 bridgehead atoms. The Morgan fingerprint density at radius 3 is 3.25 bits per heavy atom. The number of hydrogen-bond acceptors (Lipinski definition) is 3. The third-order valence-corrected chi connectivity index (χ3v) is 3.45. The molecule has 0 spiro atoms. The quantitative estimate of drug-likeness (QED) is 0.801. The lowest BCUT2D eigenvalue weighted by molar-refractivity contribution is 0.286. The van der Waals surface area contributed by atoms with Gasteiger partial charge in [-0.05, 0) is 37.4 Å². The Morgan fingerprint density at radius 1 is 1.56 bits per heavy atom. The molecule has 1 saturated heterocycles. The van der Waals surface area contributed by atoms with Crippen molar-refractivity contribution in [2.45, 2.75) is 38.8 Å². The summed E-state index contributed by atoms with van der Waals surface area (Å²) < 4.78 is 5.28. The van der Waals surface area contributed by atoms with E-state index < -0.39 is 0 Å². The van der Waals surface area contributed by atoms with Gasteiger partial charge in [-0.1, -0.05) is 13.3 Å². The first-order valence-corrected chi connectivity index (χ1v) is 6.35. The molecule has 2 heterocycles. The van der Waals surface area contributed by atoms with Crippen molar-refractivity contribution in [3.63, 3.8) is 0 Å². The molecule has 0 radical (unpaired) electrons. The molecule has 0 amide bonds. The standard InChI is InChI=1S/C13H22N2O/c1-2-11-5-6-15-12(8-11)9-14-10-13-4-3-7-16-13/h3-4,7,11-12,14-15H,2,5-6,8-10H2,1H3. The maximum absolute atomic E-state index is 5.28. The molecule has 3 heteroatoms. The molecule has 16 heavy (non-hydrogen) atoms. The molecular formula is C13H22N2O. The highest BCUT2D eigenvalue weighted by molar-refractivity contribution is 4.97. The van der Waals surface area contributed by atoms with Crippen molar-refractivity contribution >= 4 is 0 Å². The molecule has 1 fully saturated rings. The topological polar surface area (TPSA) is 37.2 Å². The van der Waals surface area contributed by atoms with E-state index in [9.17, 15) is 0 Å². The van der Waals surface area contributed by atoms with Gasteiger partial charge < -0.3 is 15.1 Å². The van der Waals surface area contributed by atoms with Crippen LogP contribution in [0.4, 0.5) is 0 Å². The summed E-state index contributed by atoms with van der Waals surface area (Å²) in [5.74, 6) is 1.93. The third-order valence-electron chi connectivity index (χ3n) is 3.45. The van der Waals surface area contributed by atoms with Crippen molar-refractivity contribution in [1.82, 2.24) is 10.6 Å². The summed E-state index contributed by atoms with van der Waals surface area (Å²) in [5.41, 5.74) is 0. The normalized spacial score (nSPS) is 25.8. The van der Waals surface area contributed by atoms with Crippen molar-refractivity contribution in [2.75, 3.05) is 13.1 Å². The van der Waals surface area contributed by atoms with Gasteiger partial charge >= 0.3 is 0 Å². The van der Waals surface area contributed by atoms with E-state index in [0.29, 0.717) is 6.04 Å². The minimum Gasteiger partial charge on any atom is -0.468 e. The summed E-state index contributed by atoms with van der Waals surface area (Å²) in [4.78, 5) is 0. The van der Waals surface area contributed by atoms with Crippen LogP contribution < -0.4 is 10.6 Å². The fourth-order valence-corrected chi connectivity index (χ4v) is 2.40. The van der Waals surface area contributed by atoms with Crippen molar-refractivity contribution in [1.29, 1.82) is 0 Å². The van der Waals surface area contributed by atoms with E-state index in [1.807, 2.05) is 12.1 Å². The molecule has 0 aliphatic carbocycles. The summed E-state index contributed by atoms with van der Waals surface area (Å²) in [7, 11) is 0. The van der Waals surface area contributed by atoms with Gasteiger partial charge in [-0.15, -0.1) is 0 Å². The lowest BCUT2D eigenvalue weighted by Gasteiger charge is -2.29. The van der Waals surface area contributed by atoms with Crippen LogP contribution in [-0.4, -0.2) is 19.1 Å². The third kappa shape index (κ3) is 3.35. The number of nitrogens with one attached hydrogen (secondary N) is 2. The molecule has 0 aromatic carbocycles. The fourth-order valence-electron chi connectivity index (χ4n) is 2.40. The van der Waals surface area contributed by atoms with Crippen LogP contribution in [0.1, 0.15) is 31.9 Å². The average Bonchev–Trinajstić information content (AvgIpc) is 2.82. The van der Waals surface area contributed by atoms with Crippen molar-refractivity contribution in [2.24, 2.45) is 5.92 Å². The van der Waals surface area contributed by atoms with E-state index >= 15 is 0 Å². The van der Waals surface area contributed by atoms with Gasteiger partial charge in [-0.3, -0.25) is 0 Å². The summed E-state index contributed by atoms with van der Waals surface area (Å²) in [5, 5.41) is 7.02. The number of rotatable bonds is 5. The summed E-state index contributed by atoms with van der Waals surface area (Å²) >= 11 is 0. The Balaban J connectivity index is 1.65. The van der Waals surface area contributed by atoms with Crippen LogP contribution in [0.2, 0.25) is 0 Å². The van der Waals surface area contributed by atoms with Crippen LogP contribution in [0.25, 0.3) is 0 Å². The van der Waals surface area contributed by atoms with Crippen molar-refractivity contribution in [3.05, 3.63) is 24.2 Å². The van der Waals surface area contributed by atoms with Crippen LogP contribution in [0.5, 0.6) is 0 Å². The highest BCUT2D eigenvalue weighted by Gasteiger charge is 2.19. The highest BCUT2D eigenvalue weighted by Crippen LogP contribution is 2.18. The number of piperidine rings is 1. The van der Waals surface area contributed by atoms with Crippen molar-refractivity contribution < 1.29 is 4.42 Å². The molecule has 1 aliphatic heterocycles. The lowest BCUT2D eigenvalue weighted by Crippen LogP contribution is -2.44. The molecule has 2 rings (SSSR count). The summed E-state index contributed by atoms with van der Waals surface area (Å²) in [6.45, 7) is 5.34. The van der Waals surface area contributed by atoms with E-state index in [1.165, 1.54) is 25.8 Å². The second-order valence-corrected chi connectivity index (χ2v) is 4.66. The minimum atomic E-state index is 0.633. The first-order chi connectivity index (χ1) is 7.88. The predicted octanol–water partition coefficient (Wildman–Crippen LogP) is 2.15. The molecule has 1 aromatic rings. The van der Waals surface area contributed by atoms with Crippen LogP contribution in [-0.2, 0) is 6.54 Å². The second-order valence-electron chi connectivity index (χ2n) is 4.66. The Kier molecular flexibility index (Phi) is 4.43. The smallest absolute Gasteiger partial charge is 0.117 e. The van der Waals surface area contributed by atoms with Crippen molar-refractivity contribution in [3.8, 4) is 0 Å². The molecule has 2 unspecified atom stereocenters. The van der Waals surface area contributed by atoms with Crippen LogP contribution in [0.3, 0.4) is 0 Å². The first kappa shape index (κ1) is 11.7. The minimum absolute atomic E-state index is 0.633. The molecule has 0 saturated carbocycles. The van der Waals surface area contributed by atoms with E-state index in [0.717, 1.165) is 24.8 Å². The zero-order chi connectivity index (χ0) is 11.2. The summed E-state index contributed by atoms with van der Waals surface area (Å²) in [6.07, 6.45) is 5.69. The molecule has 1 aliphatic rings. The van der Waals surface area contributed by atoms with Gasteiger partial charge in [-0.2, -0.15) is 0 Å². The van der Waals surface area contributed by atoms with Gasteiger partial charge in [-0.25, -0.2) is 0 Å². The Morgan fingerprint density at radius 2 is 2.50 bits per heavy atom. The van der Waals surface area contributed by atoms with Gasteiger partial charge in [0, 0.05) is 12.6 Å². The van der Waals surface area contributed by atoms with E-state index in [-0.39, 0.29) is 0 Å². The van der Waals surface area contributed by atoms with E-state index in [1.54, 1.807) is 6.26 Å². The largest absolute Gasteiger partial charge is 0.468 e. The Labute approximate surface area is 97.6 Å². The fraction of sp³-hybridized carbons (Fsp3) is 0.692. The van der Waals surface area contributed by atoms with Gasteiger partial charge in [0.05, 0.1) is 12.8 Å². The Bertz CT molecular complexity index is 284. The van der Waals surface area contributed by atoms with Gasteiger partial charge in [0.15, 0.2) is 0 Å². The Hall–Kier alpha value is -0.800. The molecule has 2 atom stereocenters. The van der Waals surface area contributed by atoms with Crippen LogP contribution >= 0.6 is 0 Å².